The van der Waals surface area contributed by atoms with E-state index >= 15 is 0 Å². The van der Waals surface area contributed by atoms with Crippen LogP contribution in [0.5, 0.6) is 0 Å². The number of carbonyl (C=O) groups is 1. The van der Waals surface area contributed by atoms with Crippen molar-refractivity contribution < 1.29 is 9.53 Å². The minimum Gasteiger partial charge on any atom is -0.469 e. The first kappa shape index (κ1) is 23.2. The fourth-order valence-corrected chi connectivity index (χ4v) is 3.86. The molecule has 0 aliphatic rings. The van der Waals surface area contributed by atoms with E-state index in [0.29, 0.717) is 16.9 Å². The van der Waals surface area contributed by atoms with Crippen molar-refractivity contribution in [2.75, 3.05) is 7.11 Å². The van der Waals surface area contributed by atoms with Gasteiger partial charge in [0, 0.05) is 16.9 Å². The summed E-state index contributed by atoms with van der Waals surface area (Å²) in [5, 5.41) is 1.02. The molecule has 0 radical (unpaired) electrons. The second kappa shape index (κ2) is 17.0. The largest absolute Gasteiger partial charge is 0.469 e. The highest BCUT2D eigenvalue weighted by atomic mass is 32.1. The van der Waals surface area contributed by atoms with Gasteiger partial charge in [-0.2, -0.15) is 25.3 Å². The quantitative estimate of drug-likeness (QED) is 0.193. The Hall–Kier alpha value is 0.170. The molecule has 0 aromatic rings. The van der Waals surface area contributed by atoms with Crippen molar-refractivity contribution in [1.29, 1.82) is 0 Å². The third-order valence-corrected chi connectivity index (χ3v) is 5.27. The van der Waals surface area contributed by atoms with Crippen LogP contribution in [0.1, 0.15) is 96.8 Å². The molecule has 0 bridgehead atoms. The maximum Gasteiger partial charge on any atom is 0.305 e. The maximum absolute atomic E-state index is 11.0. The van der Waals surface area contributed by atoms with Gasteiger partial charge >= 0.3 is 5.97 Å². The molecule has 0 N–H and O–H groups in total. The SMILES string of the molecule is CCCCCCC(S)CC(S)CCCCCCCCC(=O)OC. The van der Waals surface area contributed by atoms with Crippen molar-refractivity contribution in [3.63, 3.8) is 0 Å². The smallest absolute Gasteiger partial charge is 0.305 e. The van der Waals surface area contributed by atoms with Gasteiger partial charge < -0.3 is 4.74 Å². The average molecular weight is 363 g/mol. The molecule has 4 heteroatoms. The Balaban J connectivity index is 3.35. The summed E-state index contributed by atoms with van der Waals surface area (Å²) < 4.78 is 4.64. The molecule has 0 saturated carbocycles. The van der Waals surface area contributed by atoms with Crippen LogP contribution in [-0.2, 0) is 9.53 Å². The van der Waals surface area contributed by atoms with Crippen LogP contribution in [0.25, 0.3) is 0 Å². The highest BCUT2D eigenvalue weighted by molar-refractivity contribution is 7.81. The first-order valence-electron chi connectivity index (χ1n) is 9.53. The second-order valence-corrected chi connectivity index (χ2v) is 8.09. The van der Waals surface area contributed by atoms with Crippen molar-refractivity contribution in [3.05, 3.63) is 0 Å². The van der Waals surface area contributed by atoms with Crippen molar-refractivity contribution in [2.45, 2.75) is 107 Å². The highest BCUT2D eigenvalue weighted by Crippen LogP contribution is 2.21. The lowest BCUT2D eigenvalue weighted by Crippen LogP contribution is -2.09. The van der Waals surface area contributed by atoms with Gasteiger partial charge in [-0.25, -0.2) is 0 Å². The van der Waals surface area contributed by atoms with E-state index in [1.807, 2.05) is 0 Å². The molecule has 2 unspecified atom stereocenters. The summed E-state index contributed by atoms with van der Waals surface area (Å²) in [5.41, 5.74) is 0. The topological polar surface area (TPSA) is 26.3 Å². The molecule has 23 heavy (non-hydrogen) atoms. The van der Waals surface area contributed by atoms with E-state index in [4.69, 9.17) is 25.3 Å². The predicted octanol–water partition coefficient (Wildman–Crippen LogP) is 6.24. The first-order valence-corrected chi connectivity index (χ1v) is 10.6. The zero-order chi connectivity index (χ0) is 17.3. The Labute approximate surface area is 155 Å². The molecule has 0 saturated heterocycles. The van der Waals surface area contributed by atoms with E-state index in [2.05, 4.69) is 11.7 Å². The summed E-state index contributed by atoms with van der Waals surface area (Å²) in [5.74, 6) is -0.0843. The molecule has 0 amide bonds. The molecule has 0 aromatic carbocycles. The normalized spacial score (nSPS) is 13.7. The number of carbonyl (C=O) groups excluding carboxylic acids is 1. The van der Waals surface area contributed by atoms with Gasteiger partial charge in [0.25, 0.3) is 0 Å². The van der Waals surface area contributed by atoms with Gasteiger partial charge in [-0.3, -0.25) is 4.79 Å². The van der Waals surface area contributed by atoms with Crippen molar-refractivity contribution in [2.24, 2.45) is 0 Å². The molecule has 0 fully saturated rings. The Bertz CT molecular complexity index is 272. The van der Waals surface area contributed by atoms with Crippen LogP contribution in [0.2, 0.25) is 0 Å². The lowest BCUT2D eigenvalue weighted by Gasteiger charge is -2.16. The third-order valence-electron chi connectivity index (χ3n) is 4.33. The summed E-state index contributed by atoms with van der Waals surface area (Å²) in [6.45, 7) is 2.25. The number of esters is 1. The Morgan fingerprint density at radius 3 is 1.83 bits per heavy atom. The molecule has 0 spiro atoms. The zero-order valence-electron chi connectivity index (χ0n) is 15.3. The molecule has 0 aliphatic carbocycles. The van der Waals surface area contributed by atoms with Crippen LogP contribution >= 0.6 is 25.3 Å². The van der Waals surface area contributed by atoms with E-state index in [-0.39, 0.29) is 5.97 Å². The first-order chi connectivity index (χ1) is 11.1. The maximum atomic E-state index is 11.0. The van der Waals surface area contributed by atoms with E-state index in [1.165, 1.54) is 71.3 Å². The van der Waals surface area contributed by atoms with Crippen LogP contribution in [0.4, 0.5) is 0 Å². The molecular weight excluding hydrogens is 324 g/mol. The average Bonchev–Trinajstić information content (AvgIpc) is 2.53. The number of ether oxygens (including phenoxy) is 1. The van der Waals surface area contributed by atoms with Crippen LogP contribution in [0.15, 0.2) is 0 Å². The van der Waals surface area contributed by atoms with Gasteiger partial charge in [0.2, 0.25) is 0 Å². The van der Waals surface area contributed by atoms with Gasteiger partial charge in [-0.1, -0.05) is 64.7 Å². The van der Waals surface area contributed by atoms with Crippen LogP contribution in [0, 0.1) is 0 Å². The van der Waals surface area contributed by atoms with Gasteiger partial charge in [0.1, 0.15) is 0 Å². The van der Waals surface area contributed by atoms with Crippen molar-refractivity contribution in [1.82, 2.24) is 0 Å². The fraction of sp³-hybridized carbons (Fsp3) is 0.947. The number of methoxy groups -OCH3 is 1. The highest BCUT2D eigenvalue weighted by Gasteiger charge is 2.10. The van der Waals surface area contributed by atoms with Gasteiger partial charge in [0.15, 0.2) is 0 Å². The minimum atomic E-state index is -0.0843. The second-order valence-electron chi connectivity index (χ2n) is 6.63. The number of thiol groups is 2. The van der Waals surface area contributed by atoms with Crippen LogP contribution in [0.3, 0.4) is 0 Å². The molecule has 0 heterocycles. The van der Waals surface area contributed by atoms with E-state index < -0.39 is 0 Å². The van der Waals surface area contributed by atoms with Crippen LogP contribution < -0.4 is 0 Å². The van der Waals surface area contributed by atoms with Crippen molar-refractivity contribution in [3.8, 4) is 0 Å². The number of unbranched alkanes of at least 4 members (excludes halogenated alkanes) is 8. The number of hydrogen-bond acceptors (Lipinski definition) is 4. The Kier molecular flexibility index (Phi) is 17.1. The summed E-state index contributed by atoms with van der Waals surface area (Å²) >= 11 is 9.44. The molecule has 0 aromatic heterocycles. The summed E-state index contributed by atoms with van der Waals surface area (Å²) in [6.07, 6.45) is 16.6. The molecule has 138 valence electrons. The molecule has 0 rings (SSSR count). The fourth-order valence-electron chi connectivity index (χ4n) is 2.81. The third kappa shape index (κ3) is 16.8. The van der Waals surface area contributed by atoms with E-state index in [1.54, 1.807) is 0 Å². The molecule has 2 nitrogen and oxygen atoms in total. The molecule has 2 atom stereocenters. The molecular formula is C19H38O2S2. The minimum absolute atomic E-state index is 0.0843. The van der Waals surface area contributed by atoms with Gasteiger partial charge in [-0.15, -0.1) is 0 Å². The number of rotatable bonds is 16. The Morgan fingerprint density at radius 2 is 1.30 bits per heavy atom. The van der Waals surface area contributed by atoms with E-state index in [0.717, 1.165) is 19.3 Å². The number of hydrogen-bond donors (Lipinski definition) is 2. The standard InChI is InChI=1S/C19H38O2S2/c1-3-4-5-10-13-17(22)16-18(23)14-11-8-6-7-9-12-15-19(20)21-2/h17-18,22-23H,3-16H2,1-2H3. The lowest BCUT2D eigenvalue weighted by atomic mass is 10.0. The van der Waals surface area contributed by atoms with Gasteiger partial charge in [0.05, 0.1) is 7.11 Å². The van der Waals surface area contributed by atoms with Gasteiger partial charge in [-0.05, 0) is 25.7 Å². The van der Waals surface area contributed by atoms with Crippen LogP contribution in [-0.4, -0.2) is 23.6 Å². The summed E-state index contributed by atoms with van der Waals surface area (Å²) in [4.78, 5) is 11.0. The van der Waals surface area contributed by atoms with E-state index in [9.17, 15) is 4.79 Å². The zero-order valence-corrected chi connectivity index (χ0v) is 17.1. The predicted molar refractivity (Wildman–Crippen MR) is 108 cm³/mol. The Morgan fingerprint density at radius 1 is 0.826 bits per heavy atom. The van der Waals surface area contributed by atoms with Crippen molar-refractivity contribution >= 4 is 31.2 Å². The summed E-state index contributed by atoms with van der Waals surface area (Å²) in [6, 6.07) is 0. The lowest BCUT2D eigenvalue weighted by molar-refractivity contribution is -0.140. The summed E-state index contributed by atoms with van der Waals surface area (Å²) in [7, 11) is 1.46. The monoisotopic (exact) mass is 362 g/mol. The molecule has 0 aliphatic heterocycles.